The van der Waals surface area contributed by atoms with E-state index in [1.807, 2.05) is 6.92 Å². The van der Waals surface area contributed by atoms with Gasteiger partial charge in [0.2, 0.25) is 0 Å². The molecule has 0 saturated carbocycles. The third-order valence-corrected chi connectivity index (χ3v) is 2.03. The lowest BCUT2D eigenvalue weighted by molar-refractivity contribution is -0.133. The van der Waals surface area contributed by atoms with E-state index in [9.17, 15) is 4.79 Å². The third kappa shape index (κ3) is 3.19. The van der Waals surface area contributed by atoms with E-state index in [-0.39, 0.29) is 6.10 Å². The summed E-state index contributed by atoms with van der Waals surface area (Å²) < 4.78 is 4.80. The van der Waals surface area contributed by atoms with Crippen LogP contribution in [0.4, 0.5) is 0 Å². The van der Waals surface area contributed by atoms with Gasteiger partial charge in [-0.25, -0.2) is 0 Å². The molecule has 70 valence electrons. The summed E-state index contributed by atoms with van der Waals surface area (Å²) in [5.74, 6) is 0. The number of piperazine rings is 1. The summed E-state index contributed by atoms with van der Waals surface area (Å²) in [6.07, 6.45) is 0.894. The quantitative estimate of drug-likeness (QED) is 0.561. The minimum absolute atomic E-state index is 0.0138. The number of ether oxygens (including phenoxy) is 1. The predicted octanol–water partition coefficient (Wildman–Crippen LogP) is -0.501. The Labute approximate surface area is 72.7 Å². The SMILES string of the molecule is CC(CC1CNCCN1)OC=O. The zero-order valence-electron chi connectivity index (χ0n) is 7.38. The van der Waals surface area contributed by atoms with Crippen molar-refractivity contribution in [3.05, 3.63) is 0 Å². The van der Waals surface area contributed by atoms with Gasteiger partial charge in [-0.1, -0.05) is 0 Å². The van der Waals surface area contributed by atoms with Gasteiger partial charge < -0.3 is 15.4 Å². The first-order valence-corrected chi connectivity index (χ1v) is 4.36. The van der Waals surface area contributed by atoms with Crippen LogP contribution < -0.4 is 10.6 Å². The van der Waals surface area contributed by atoms with Gasteiger partial charge in [0.1, 0.15) is 6.10 Å². The standard InChI is InChI=1S/C8H16N2O2/c1-7(12-6-11)4-8-5-9-2-3-10-8/h6-10H,2-5H2,1H3. The minimum Gasteiger partial charge on any atom is -0.465 e. The van der Waals surface area contributed by atoms with Crippen LogP contribution in [0.25, 0.3) is 0 Å². The fraction of sp³-hybridized carbons (Fsp3) is 0.875. The third-order valence-electron chi connectivity index (χ3n) is 2.03. The summed E-state index contributed by atoms with van der Waals surface area (Å²) in [4.78, 5) is 10.00. The van der Waals surface area contributed by atoms with Crippen molar-refractivity contribution in [2.75, 3.05) is 19.6 Å². The molecule has 1 saturated heterocycles. The highest BCUT2D eigenvalue weighted by molar-refractivity contribution is 5.37. The molecule has 4 heteroatoms. The first kappa shape index (κ1) is 9.48. The lowest BCUT2D eigenvalue weighted by atomic mass is 10.1. The lowest BCUT2D eigenvalue weighted by Gasteiger charge is -2.26. The van der Waals surface area contributed by atoms with Gasteiger partial charge in [0.25, 0.3) is 6.47 Å². The summed E-state index contributed by atoms with van der Waals surface area (Å²) in [6.45, 7) is 5.41. The Morgan fingerprint density at radius 1 is 1.67 bits per heavy atom. The van der Waals surface area contributed by atoms with Crippen molar-refractivity contribution in [1.82, 2.24) is 10.6 Å². The molecule has 2 atom stereocenters. The summed E-state index contributed by atoms with van der Waals surface area (Å²) in [5, 5.41) is 6.63. The molecule has 0 radical (unpaired) electrons. The molecule has 1 rings (SSSR count). The van der Waals surface area contributed by atoms with Crippen LogP contribution in [0.15, 0.2) is 0 Å². The van der Waals surface area contributed by atoms with Gasteiger partial charge in [-0.15, -0.1) is 0 Å². The van der Waals surface area contributed by atoms with Crippen molar-refractivity contribution in [1.29, 1.82) is 0 Å². The molecule has 0 spiro atoms. The molecule has 0 aliphatic carbocycles. The first-order valence-electron chi connectivity index (χ1n) is 4.36. The number of carbonyl (C=O) groups is 1. The Morgan fingerprint density at radius 2 is 2.50 bits per heavy atom. The molecular weight excluding hydrogens is 156 g/mol. The molecule has 0 amide bonds. The molecule has 1 aliphatic rings. The van der Waals surface area contributed by atoms with E-state index in [4.69, 9.17) is 4.74 Å². The maximum absolute atomic E-state index is 10.00. The molecule has 12 heavy (non-hydrogen) atoms. The van der Waals surface area contributed by atoms with Gasteiger partial charge >= 0.3 is 0 Å². The average Bonchev–Trinajstić information content (AvgIpc) is 2.06. The zero-order valence-corrected chi connectivity index (χ0v) is 7.38. The van der Waals surface area contributed by atoms with Crippen LogP contribution in [-0.2, 0) is 9.53 Å². The second-order valence-electron chi connectivity index (χ2n) is 3.13. The Morgan fingerprint density at radius 3 is 3.08 bits per heavy atom. The molecule has 0 aromatic rings. The van der Waals surface area contributed by atoms with E-state index in [1.165, 1.54) is 0 Å². The van der Waals surface area contributed by atoms with Gasteiger partial charge in [0.15, 0.2) is 0 Å². The minimum atomic E-state index is 0.0138. The van der Waals surface area contributed by atoms with E-state index in [0.717, 1.165) is 26.1 Å². The van der Waals surface area contributed by atoms with Crippen LogP contribution in [0.3, 0.4) is 0 Å². The van der Waals surface area contributed by atoms with Crippen LogP contribution >= 0.6 is 0 Å². The Hall–Kier alpha value is -0.610. The van der Waals surface area contributed by atoms with Crippen molar-refractivity contribution >= 4 is 6.47 Å². The second kappa shape index (κ2) is 5.11. The van der Waals surface area contributed by atoms with Gasteiger partial charge in [-0.3, -0.25) is 4.79 Å². The van der Waals surface area contributed by atoms with Crippen molar-refractivity contribution in [2.45, 2.75) is 25.5 Å². The Kier molecular flexibility index (Phi) is 4.04. The van der Waals surface area contributed by atoms with Crippen molar-refractivity contribution in [2.24, 2.45) is 0 Å². The molecule has 2 N–H and O–H groups in total. The monoisotopic (exact) mass is 172 g/mol. The lowest BCUT2D eigenvalue weighted by Crippen LogP contribution is -2.49. The van der Waals surface area contributed by atoms with E-state index in [1.54, 1.807) is 0 Å². The first-order chi connectivity index (χ1) is 5.83. The normalized spacial score (nSPS) is 26.2. The maximum atomic E-state index is 10.00. The van der Waals surface area contributed by atoms with Crippen LogP contribution in [0.2, 0.25) is 0 Å². The number of nitrogens with one attached hydrogen (secondary N) is 2. The highest BCUT2D eigenvalue weighted by Crippen LogP contribution is 2.01. The van der Waals surface area contributed by atoms with E-state index in [2.05, 4.69) is 10.6 Å². The fourth-order valence-corrected chi connectivity index (χ4v) is 1.43. The van der Waals surface area contributed by atoms with Crippen LogP contribution in [0.1, 0.15) is 13.3 Å². The van der Waals surface area contributed by atoms with E-state index in [0.29, 0.717) is 12.5 Å². The largest absolute Gasteiger partial charge is 0.465 e. The summed E-state index contributed by atoms with van der Waals surface area (Å²) in [5.41, 5.74) is 0. The van der Waals surface area contributed by atoms with E-state index >= 15 is 0 Å². The van der Waals surface area contributed by atoms with Gasteiger partial charge in [0.05, 0.1) is 0 Å². The predicted molar refractivity (Wildman–Crippen MR) is 45.9 cm³/mol. The van der Waals surface area contributed by atoms with Crippen molar-refractivity contribution in [3.8, 4) is 0 Å². The Balaban J connectivity index is 2.15. The molecule has 2 unspecified atom stereocenters. The summed E-state index contributed by atoms with van der Waals surface area (Å²) in [6, 6.07) is 0.439. The molecule has 0 bridgehead atoms. The number of hydrogen-bond donors (Lipinski definition) is 2. The number of carbonyl (C=O) groups excluding carboxylic acids is 1. The number of rotatable bonds is 4. The highest BCUT2D eigenvalue weighted by Gasteiger charge is 2.15. The van der Waals surface area contributed by atoms with E-state index < -0.39 is 0 Å². The molecule has 4 nitrogen and oxygen atoms in total. The molecule has 1 heterocycles. The van der Waals surface area contributed by atoms with Crippen LogP contribution in [0, 0.1) is 0 Å². The van der Waals surface area contributed by atoms with Gasteiger partial charge in [-0.2, -0.15) is 0 Å². The molecular formula is C8H16N2O2. The van der Waals surface area contributed by atoms with Gasteiger partial charge in [0, 0.05) is 32.1 Å². The molecule has 0 aromatic carbocycles. The molecule has 0 aromatic heterocycles. The topological polar surface area (TPSA) is 50.4 Å². The zero-order chi connectivity index (χ0) is 8.81. The molecule has 1 fully saturated rings. The van der Waals surface area contributed by atoms with Gasteiger partial charge in [-0.05, 0) is 6.92 Å². The smallest absolute Gasteiger partial charge is 0.293 e. The molecule has 1 aliphatic heterocycles. The van der Waals surface area contributed by atoms with Crippen LogP contribution in [0.5, 0.6) is 0 Å². The highest BCUT2D eigenvalue weighted by atomic mass is 16.5. The van der Waals surface area contributed by atoms with Crippen molar-refractivity contribution < 1.29 is 9.53 Å². The average molecular weight is 172 g/mol. The fourth-order valence-electron chi connectivity index (χ4n) is 1.43. The second-order valence-corrected chi connectivity index (χ2v) is 3.13. The Bertz CT molecular complexity index is 135. The number of hydrogen-bond acceptors (Lipinski definition) is 4. The van der Waals surface area contributed by atoms with Crippen LogP contribution in [-0.4, -0.2) is 38.3 Å². The summed E-state index contributed by atoms with van der Waals surface area (Å²) in [7, 11) is 0. The van der Waals surface area contributed by atoms with Crippen molar-refractivity contribution in [3.63, 3.8) is 0 Å². The summed E-state index contributed by atoms with van der Waals surface area (Å²) >= 11 is 0. The maximum Gasteiger partial charge on any atom is 0.293 e.